The predicted octanol–water partition coefficient (Wildman–Crippen LogP) is 5.44. The molecule has 1 saturated carbocycles. The zero-order valence-corrected chi connectivity index (χ0v) is 25.0. The van der Waals surface area contributed by atoms with E-state index in [1.54, 1.807) is 18.5 Å². The Morgan fingerprint density at radius 1 is 1.15 bits per heavy atom. The van der Waals surface area contributed by atoms with Crippen molar-refractivity contribution in [3.05, 3.63) is 80.7 Å². The van der Waals surface area contributed by atoms with Crippen LogP contribution in [0.1, 0.15) is 67.0 Å². The Balaban J connectivity index is 1.42. The van der Waals surface area contributed by atoms with Gasteiger partial charge in [0.1, 0.15) is 11.9 Å². The minimum Gasteiger partial charge on any atom is -0.305 e. The van der Waals surface area contributed by atoms with E-state index in [1.807, 2.05) is 24.3 Å². The lowest BCUT2D eigenvalue weighted by atomic mass is 9.87. The molecule has 11 heteroatoms. The van der Waals surface area contributed by atoms with Crippen molar-refractivity contribution in [3.8, 4) is 6.07 Å². The fourth-order valence-electron chi connectivity index (χ4n) is 5.29. The largest absolute Gasteiger partial charge is 0.305 e. The number of aromatic nitrogens is 2. The highest BCUT2D eigenvalue weighted by atomic mass is 127. The van der Waals surface area contributed by atoms with Crippen LogP contribution in [0.4, 0.5) is 10.1 Å². The Hall–Kier alpha value is -2.95. The van der Waals surface area contributed by atoms with Gasteiger partial charge in [0, 0.05) is 33.5 Å². The van der Waals surface area contributed by atoms with Crippen LogP contribution in [0.5, 0.6) is 0 Å². The normalized spacial score (nSPS) is 18.1. The van der Waals surface area contributed by atoms with Crippen LogP contribution in [0.15, 0.2) is 53.7 Å². The van der Waals surface area contributed by atoms with Gasteiger partial charge in [-0.2, -0.15) is 9.57 Å². The molecule has 0 N–H and O–H groups in total. The number of rotatable bonds is 7. The molecular formula is C29H29FIN5O3S. The second-order valence-corrected chi connectivity index (χ2v) is 13.4. The quantitative estimate of drug-likeness (QED) is 0.309. The first-order valence-corrected chi connectivity index (χ1v) is 15.8. The Bertz CT molecular complexity index is 1570. The van der Waals surface area contributed by atoms with E-state index in [1.165, 1.54) is 31.1 Å². The third-order valence-corrected chi connectivity index (χ3v) is 10.3. The van der Waals surface area contributed by atoms with Crippen LogP contribution in [0.3, 0.4) is 0 Å². The zero-order valence-electron chi connectivity index (χ0n) is 22.1. The van der Waals surface area contributed by atoms with Gasteiger partial charge in [-0.15, -0.1) is 0 Å². The third kappa shape index (κ3) is 5.75. The number of anilines is 1. The van der Waals surface area contributed by atoms with Gasteiger partial charge in [0.05, 0.1) is 40.7 Å². The van der Waals surface area contributed by atoms with E-state index in [-0.39, 0.29) is 29.1 Å². The Labute approximate surface area is 247 Å². The molecule has 1 saturated heterocycles. The van der Waals surface area contributed by atoms with Crippen LogP contribution in [-0.4, -0.2) is 41.2 Å². The fraction of sp³-hybridized carbons (Fsp3) is 0.379. The fourth-order valence-corrected chi connectivity index (χ4v) is 7.48. The van der Waals surface area contributed by atoms with E-state index >= 15 is 0 Å². The lowest BCUT2D eigenvalue weighted by Gasteiger charge is -2.41. The zero-order chi connectivity index (χ0) is 28.4. The maximum absolute atomic E-state index is 14.5. The number of carbonyl (C=O) groups is 1. The minimum absolute atomic E-state index is 0.0577. The second-order valence-electron chi connectivity index (χ2n) is 10.3. The Morgan fingerprint density at radius 3 is 2.55 bits per heavy atom. The number of halogens is 2. The van der Waals surface area contributed by atoms with Crippen LogP contribution in [0, 0.1) is 27.6 Å². The summed E-state index contributed by atoms with van der Waals surface area (Å²) < 4.78 is 43.4. The summed E-state index contributed by atoms with van der Waals surface area (Å²) in [5, 5.41) is 9.34. The van der Waals surface area contributed by atoms with Gasteiger partial charge in [-0.1, -0.05) is 25.3 Å². The van der Waals surface area contributed by atoms with E-state index < -0.39 is 27.8 Å². The minimum atomic E-state index is -4.22. The molecule has 0 bridgehead atoms. The molecule has 0 unspecified atom stereocenters. The number of benzene rings is 2. The second kappa shape index (κ2) is 11.9. The number of hydrogen-bond donors (Lipinski definition) is 0. The number of nitrogens with zero attached hydrogens (tertiary/aromatic N) is 5. The lowest BCUT2D eigenvalue weighted by molar-refractivity contribution is -0.125. The summed E-state index contributed by atoms with van der Waals surface area (Å²) >= 11 is 2.17. The summed E-state index contributed by atoms with van der Waals surface area (Å²) in [6.45, 7) is 1.66. The van der Waals surface area contributed by atoms with Crippen molar-refractivity contribution in [1.29, 1.82) is 5.26 Å². The van der Waals surface area contributed by atoms with Crippen molar-refractivity contribution < 1.29 is 17.6 Å². The average molecular weight is 674 g/mol. The molecule has 2 heterocycles. The number of nitriles is 1. The van der Waals surface area contributed by atoms with Crippen molar-refractivity contribution in [2.24, 2.45) is 0 Å². The van der Waals surface area contributed by atoms with E-state index in [2.05, 4.69) is 32.6 Å². The van der Waals surface area contributed by atoms with Gasteiger partial charge in [-0.3, -0.25) is 14.8 Å². The highest BCUT2D eigenvalue weighted by Gasteiger charge is 2.45. The number of amides is 1. The smallest absolute Gasteiger partial charge is 0.245 e. The van der Waals surface area contributed by atoms with Crippen LogP contribution >= 0.6 is 22.6 Å². The van der Waals surface area contributed by atoms with Crippen molar-refractivity contribution in [2.45, 2.75) is 68.8 Å². The molecule has 1 atom stereocenters. The number of sulfonamides is 1. The molecular weight excluding hydrogens is 644 g/mol. The summed E-state index contributed by atoms with van der Waals surface area (Å²) in [6.07, 6.45) is 9.66. The molecule has 2 aliphatic rings. The van der Waals surface area contributed by atoms with E-state index in [0.717, 1.165) is 38.5 Å². The van der Waals surface area contributed by atoms with Crippen molar-refractivity contribution in [3.63, 3.8) is 0 Å². The summed E-state index contributed by atoms with van der Waals surface area (Å²) in [5.74, 6) is -0.773. The SMILES string of the molecule is Cc1c(F)cc(S(=O)(=O)N2CC[C@@H]2C(=O)N(Cc2cnc(C3CCCCC3)cn2)c2cccc(I)c2)cc1C#N. The van der Waals surface area contributed by atoms with Gasteiger partial charge in [0.25, 0.3) is 0 Å². The first-order valence-electron chi connectivity index (χ1n) is 13.3. The molecule has 1 amide bonds. The summed E-state index contributed by atoms with van der Waals surface area (Å²) in [5.41, 5.74) is 2.21. The molecule has 3 aromatic rings. The molecule has 2 aromatic carbocycles. The predicted molar refractivity (Wildman–Crippen MR) is 156 cm³/mol. The average Bonchev–Trinajstić information content (AvgIpc) is 2.93. The standard InChI is InChI=1S/C29H29FIN5O3S/c1-19-21(15-32)12-25(14-26(19)30)40(38,39)36-11-10-28(36)29(37)35(24-9-5-8-22(31)13-24)18-23-16-34-27(17-33-23)20-6-3-2-4-7-20/h5,8-9,12-14,16-17,20,28H,2-4,6-7,10-11,18H2,1H3/t28-/m1/s1. The highest BCUT2D eigenvalue weighted by molar-refractivity contribution is 14.1. The summed E-state index contributed by atoms with van der Waals surface area (Å²) in [7, 11) is -4.22. The molecule has 1 aromatic heterocycles. The molecule has 5 rings (SSSR count). The van der Waals surface area contributed by atoms with Gasteiger partial charge >= 0.3 is 0 Å². The van der Waals surface area contributed by atoms with Gasteiger partial charge in [0.2, 0.25) is 15.9 Å². The van der Waals surface area contributed by atoms with Gasteiger partial charge in [0.15, 0.2) is 0 Å². The van der Waals surface area contributed by atoms with Crippen molar-refractivity contribution >= 4 is 44.2 Å². The van der Waals surface area contributed by atoms with Crippen LogP contribution in [0.2, 0.25) is 0 Å². The molecule has 0 spiro atoms. The first kappa shape index (κ1) is 28.6. The molecule has 1 aliphatic carbocycles. The lowest BCUT2D eigenvalue weighted by Crippen LogP contribution is -2.59. The van der Waals surface area contributed by atoms with Crippen molar-refractivity contribution in [2.75, 3.05) is 11.4 Å². The first-order chi connectivity index (χ1) is 19.2. The van der Waals surface area contributed by atoms with E-state index in [4.69, 9.17) is 0 Å². The Morgan fingerprint density at radius 2 is 1.93 bits per heavy atom. The van der Waals surface area contributed by atoms with Gasteiger partial charge in [-0.05, 0) is 79.1 Å². The highest BCUT2D eigenvalue weighted by Crippen LogP contribution is 2.33. The van der Waals surface area contributed by atoms with Crippen molar-refractivity contribution in [1.82, 2.24) is 14.3 Å². The summed E-state index contributed by atoms with van der Waals surface area (Å²) in [4.78, 5) is 24.4. The van der Waals surface area contributed by atoms with Crippen LogP contribution in [0.25, 0.3) is 0 Å². The van der Waals surface area contributed by atoms with E-state index in [9.17, 15) is 22.9 Å². The maximum Gasteiger partial charge on any atom is 0.245 e. The molecule has 8 nitrogen and oxygen atoms in total. The number of carbonyl (C=O) groups excluding carboxylic acids is 1. The van der Waals surface area contributed by atoms with Crippen LogP contribution in [-0.2, 0) is 21.4 Å². The van der Waals surface area contributed by atoms with Crippen LogP contribution < -0.4 is 4.90 Å². The van der Waals surface area contributed by atoms with E-state index in [0.29, 0.717) is 23.7 Å². The van der Waals surface area contributed by atoms with Gasteiger partial charge < -0.3 is 4.90 Å². The summed E-state index contributed by atoms with van der Waals surface area (Å²) in [6, 6.07) is 10.3. The monoisotopic (exact) mass is 673 g/mol. The topological polar surface area (TPSA) is 107 Å². The third-order valence-electron chi connectivity index (χ3n) is 7.76. The maximum atomic E-state index is 14.5. The molecule has 2 fully saturated rings. The molecule has 40 heavy (non-hydrogen) atoms. The molecule has 1 aliphatic heterocycles. The van der Waals surface area contributed by atoms with Gasteiger partial charge in [-0.25, -0.2) is 12.8 Å². The molecule has 208 valence electrons. The Kier molecular flexibility index (Phi) is 8.49. The number of hydrogen-bond acceptors (Lipinski definition) is 6. The molecule has 0 radical (unpaired) electrons.